The van der Waals surface area contributed by atoms with Gasteiger partial charge >= 0.3 is 5.97 Å². The van der Waals surface area contributed by atoms with E-state index in [0.29, 0.717) is 11.2 Å². The number of nitrogens with zero attached hydrogens (tertiary/aromatic N) is 3. The topological polar surface area (TPSA) is 85.1 Å². The highest BCUT2D eigenvalue weighted by Gasteiger charge is 2.12. The average molecular weight is 346 g/mol. The van der Waals surface area contributed by atoms with Crippen molar-refractivity contribution in [2.45, 2.75) is 0 Å². The molecule has 3 aromatic rings. The van der Waals surface area contributed by atoms with Gasteiger partial charge in [0, 0.05) is 28.3 Å². The molecular weight excluding hydrogens is 338 g/mol. The molecule has 0 saturated carbocycles. The van der Waals surface area contributed by atoms with Crippen LogP contribution in [0.1, 0.15) is 10.5 Å². The Kier molecular flexibility index (Phi) is 3.26. The average Bonchev–Trinajstić information content (AvgIpc) is 2.46. The zero-order valence-electron chi connectivity index (χ0n) is 10.5. The number of halogens is 1. The molecule has 0 unspecified atom stereocenters. The van der Waals surface area contributed by atoms with Gasteiger partial charge in [-0.1, -0.05) is 12.1 Å². The minimum Gasteiger partial charge on any atom is -0.476 e. The summed E-state index contributed by atoms with van der Waals surface area (Å²) in [5, 5.41) is 13.7. The lowest BCUT2D eigenvalue weighted by Crippen LogP contribution is -2.20. The Morgan fingerprint density at radius 2 is 2.10 bits per heavy atom. The Labute approximate surface area is 126 Å². The number of carboxylic acid groups (broad SMARTS) is 1. The fourth-order valence-electron chi connectivity index (χ4n) is 1.99. The number of para-hydroxylation sites is 1. The summed E-state index contributed by atoms with van der Waals surface area (Å²) in [7, 11) is 0. The van der Waals surface area contributed by atoms with Crippen LogP contribution >= 0.6 is 15.9 Å². The van der Waals surface area contributed by atoms with Gasteiger partial charge in [-0.3, -0.25) is 9.78 Å². The highest BCUT2D eigenvalue weighted by atomic mass is 79.9. The number of carboxylic acids is 1. The first kappa shape index (κ1) is 13.4. The van der Waals surface area contributed by atoms with E-state index in [-0.39, 0.29) is 0 Å². The number of carbonyl (C=O) groups is 1. The minimum atomic E-state index is -1.36. The molecule has 104 valence electrons. The zero-order chi connectivity index (χ0) is 15.0. The van der Waals surface area contributed by atoms with Crippen LogP contribution in [0.15, 0.2) is 52.0 Å². The number of hydrogen-bond acceptors (Lipinski definition) is 4. The summed E-state index contributed by atoms with van der Waals surface area (Å²) in [5.74, 6) is -1.36. The van der Waals surface area contributed by atoms with Crippen LogP contribution in [0.5, 0.6) is 0 Å². The summed E-state index contributed by atoms with van der Waals surface area (Å²) < 4.78 is 2.18. The van der Waals surface area contributed by atoms with Gasteiger partial charge in [0.1, 0.15) is 0 Å². The van der Waals surface area contributed by atoms with E-state index < -0.39 is 17.1 Å². The fourth-order valence-corrected chi connectivity index (χ4v) is 2.34. The van der Waals surface area contributed by atoms with Crippen molar-refractivity contribution in [3.63, 3.8) is 0 Å². The van der Waals surface area contributed by atoms with Crippen LogP contribution in [0.3, 0.4) is 0 Å². The summed E-state index contributed by atoms with van der Waals surface area (Å²) >= 11 is 3.35. The molecule has 0 spiro atoms. The van der Waals surface area contributed by atoms with Crippen LogP contribution in [0.25, 0.3) is 16.6 Å². The van der Waals surface area contributed by atoms with E-state index in [1.54, 1.807) is 12.3 Å². The van der Waals surface area contributed by atoms with E-state index in [1.807, 2.05) is 18.2 Å². The smallest absolute Gasteiger partial charge is 0.360 e. The van der Waals surface area contributed by atoms with E-state index in [2.05, 4.69) is 26.0 Å². The second-order valence-electron chi connectivity index (χ2n) is 4.28. The molecule has 0 aliphatic heterocycles. The molecule has 0 atom stereocenters. The van der Waals surface area contributed by atoms with Gasteiger partial charge in [-0.05, 0) is 28.1 Å². The molecule has 6 nitrogen and oxygen atoms in total. The first-order valence-electron chi connectivity index (χ1n) is 5.94. The molecule has 0 fully saturated rings. The van der Waals surface area contributed by atoms with Crippen molar-refractivity contribution in [1.29, 1.82) is 0 Å². The van der Waals surface area contributed by atoms with Gasteiger partial charge in [-0.15, -0.1) is 0 Å². The second kappa shape index (κ2) is 5.10. The Morgan fingerprint density at radius 3 is 2.86 bits per heavy atom. The minimum absolute atomic E-state index is 0.522. The first-order chi connectivity index (χ1) is 10.1. The predicted molar refractivity (Wildman–Crippen MR) is 79.8 cm³/mol. The van der Waals surface area contributed by atoms with Crippen LogP contribution < -0.4 is 5.43 Å². The third-order valence-corrected chi connectivity index (χ3v) is 3.35. The monoisotopic (exact) mass is 345 g/mol. The van der Waals surface area contributed by atoms with E-state index in [4.69, 9.17) is 5.11 Å². The van der Waals surface area contributed by atoms with Gasteiger partial charge in [0.2, 0.25) is 11.1 Å². The summed E-state index contributed by atoms with van der Waals surface area (Å²) in [4.78, 5) is 26.8. The Balaban J connectivity index is 2.28. The molecule has 1 aromatic carbocycles. The molecule has 0 aliphatic rings. The maximum absolute atomic E-state index is 11.5. The molecule has 0 aliphatic carbocycles. The Bertz CT molecular complexity index is 921. The number of hydrogen-bond donors (Lipinski definition) is 1. The molecule has 0 saturated heterocycles. The van der Waals surface area contributed by atoms with Crippen molar-refractivity contribution in [3.8, 4) is 5.69 Å². The van der Waals surface area contributed by atoms with Crippen LogP contribution in [0.2, 0.25) is 0 Å². The highest BCUT2D eigenvalue weighted by Crippen LogP contribution is 2.22. The predicted octanol–water partition coefficient (Wildman–Crippen LogP) is 2.24. The SMILES string of the molecule is O=C(O)c1nn(-c2cccc3cc(Br)cnc23)ccc1=O. The number of pyridine rings is 1. The molecule has 0 amide bonds. The molecule has 21 heavy (non-hydrogen) atoms. The molecule has 2 aromatic heterocycles. The fraction of sp³-hybridized carbons (Fsp3) is 0. The summed E-state index contributed by atoms with van der Waals surface area (Å²) in [6.45, 7) is 0. The standard InChI is InChI=1S/C14H8BrN3O3/c15-9-6-8-2-1-3-10(12(8)16-7-9)18-5-4-11(19)13(17-18)14(20)21/h1-7H,(H,20,21). The molecule has 1 N–H and O–H groups in total. The maximum Gasteiger partial charge on any atom is 0.360 e. The van der Waals surface area contributed by atoms with Crippen molar-refractivity contribution in [3.05, 3.63) is 63.1 Å². The lowest BCUT2D eigenvalue weighted by molar-refractivity contribution is 0.0687. The van der Waals surface area contributed by atoms with Gasteiger partial charge in [0.05, 0.1) is 11.2 Å². The lowest BCUT2D eigenvalue weighted by atomic mass is 10.2. The summed E-state index contributed by atoms with van der Waals surface area (Å²) in [6.07, 6.45) is 3.07. The number of aromatic carboxylic acids is 1. The zero-order valence-corrected chi connectivity index (χ0v) is 12.1. The molecule has 0 radical (unpaired) electrons. The first-order valence-corrected chi connectivity index (χ1v) is 6.73. The third-order valence-electron chi connectivity index (χ3n) is 2.91. The largest absolute Gasteiger partial charge is 0.476 e. The molecule has 7 heteroatoms. The van der Waals surface area contributed by atoms with E-state index in [9.17, 15) is 9.59 Å². The van der Waals surface area contributed by atoms with Gasteiger partial charge in [0.25, 0.3) is 0 Å². The van der Waals surface area contributed by atoms with Gasteiger partial charge < -0.3 is 5.11 Å². The van der Waals surface area contributed by atoms with E-state index >= 15 is 0 Å². The second-order valence-corrected chi connectivity index (χ2v) is 5.20. The quantitative estimate of drug-likeness (QED) is 0.769. The molecular formula is C14H8BrN3O3. The van der Waals surface area contributed by atoms with Crippen LogP contribution in [0.4, 0.5) is 0 Å². The van der Waals surface area contributed by atoms with Gasteiger partial charge in [-0.2, -0.15) is 5.10 Å². The Morgan fingerprint density at radius 1 is 1.29 bits per heavy atom. The molecule has 3 rings (SSSR count). The normalized spacial score (nSPS) is 10.7. The van der Waals surface area contributed by atoms with Crippen molar-refractivity contribution >= 4 is 32.8 Å². The summed E-state index contributed by atoms with van der Waals surface area (Å²) in [5.41, 5.74) is 0.108. The van der Waals surface area contributed by atoms with E-state index in [1.165, 1.54) is 16.9 Å². The number of benzene rings is 1. The lowest BCUT2D eigenvalue weighted by Gasteiger charge is -2.08. The van der Waals surface area contributed by atoms with Gasteiger partial charge in [0.15, 0.2) is 0 Å². The number of aromatic nitrogens is 3. The summed E-state index contributed by atoms with van der Waals surface area (Å²) in [6, 6.07) is 8.52. The van der Waals surface area contributed by atoms with Crippen LogP contribution in [-0.2, 0) is 0 Å². The van der Waals surface area contributed by atoms with Crippen molar-refractivity contribution < 1.29 is 9.90 Å². The highest BCUT2D eigenvalue weighted by molar-refractivity contribution is 9.10. The van der Waals surface area contributed by atoms with Gasteiger partial charge in [-0.25, -0.2) is 9.48 Å². The maximum atomic E-state index is 11.5. The number of rotatable bonds is 2. The molecule has 2 heterocycles. The third kappa shape index (κ3) is 2.43. The molecule has 0 bridgehead atoms. The van der Waals surface area contributed by atoms with Crippen LogP contribution in [0, 0.1) is 0 Å². The number of fused-ring (bicyclic) bond motifs is 1. The Hall–Kier alpha value is -2.54. The van der Waals surface area contributed by atoms with E-state index in [0.717, 1.165) is 9.86 Å². The van der Waals surface area contributed by atoms with Crippen molar-refractivity contribution in [1.82, 2.24) is 14.8 Å². The van der Waals surface area contributed by atoms with Crippen LogP contribution in [-0.4, -0.2) is 25.8 Å². The van der Waals surface area contributed by atoms with Crippen molar-refractivity contribution in [2.75, 3.05) is 0 Å². The van der Waals surface area contributed by atoms with Crippen molar-refractivity contribution in [2.24, 2.45) is 0 Å².